The largest absolute Gasteiger partial charge is 0.464 e. The molecule has 62 valence electrons. The van der Waals surface area contributed by atoms with E-state index in [1.54, 1.807) is 0 Å². The molecule has 2 aliphatic heterocycles. The maximum Gasteiger partial charge on any atom is 0.206 e. The summed E-state index contributed by atoms with van der Waals surface area (Å²) < 4.78 is 11.0. The average Bonchev–Trinajstić information content (AvgIpc) is 2.62. The highest BCUT2D eigenvalue weighted by Gasteiger charge is 2.38. The molecule has 0 saturated carbocycles. The van der Waals surface area contributed by atoms with E-state index in [2.05, 4.69) is 12.1 Å². The molecule has 2 atom stereocenters. The van der Waals surface area contributed by atoms with Gasteiger partial charge >= 0.3 is 0 Å². The van der Waals surface area contributed by atoms with E-state index in [4.69, 9.17) is 9.47 Å². The Morgan fingerprint density at radius 1 is 1.25 bits per heavy atom. The SMILES string of the molecule is c1ccc2c(c1)OC1OCCC21. The van der Waals surface area contributed by atoms with E-state index >= 15 is 0 Å². The van der Waals surface area contributed by atoms with E-state index < -0.39 is 0 Å². The van der Waals surface area contributed by atoms with Gasteiger partial charge in [0.15, 0.2) is 0 Å². The van der Waals surface area contributed by atoms with Crippen LogP contribution in [0.1, 0.15) is 17.9 Å². The summed E-state index contributed by atoms with van der Waals surface area (Å²) in [5.41, 5.74) is 1.32. The van der Waals surface area contributed by atoms with Gasteiger partial charge in [-0.25, -0.2) is 0 Å². The molecule has 1 aromatic carbocycles. The minimum atomic E-state index is 0.00222. The van der Waals surface area contributed by atoms with Gasteiger partial charge in [0.2, 0.25) is 6.29 Å². The first-order valence-corrected chi connectivity index (χ1v) is 4.32. The van der Waals surface area contributed by atoms with Crippen LogP contribution in [-0.2, 0) is 4.74 Å². The van der Waals surface area contributed by atoms with E-state index in [1.807, 2.05) is 12.1 Å². The highest BCUT2D eigenvalue weighted by atomic mass is 16.7. The van der Waals surface area contributed by atoms with Crippen molar-refractivity contribution in [2.45, 2.75) is 18.6 Å². The van der Waals surface area contributed by atoms with Crippen LogP contribution in [0.15, 0.2) is 24.3 Å². The van der Waals surface area contributed by atoms with E-state index in [0.29, 0.717) is 5.92 Å². The molecule has 1 saturated heterocycles. The predicted octanol–water partition coefficient (Wildman–Crippen LogP) is 1.91. The van der Waals surface area contributed by atoms with Crippen LogP contribution < -0.4 is 4.74 Å². The lowest BCUT2D eigenvalue weighted by Gasteiger charge is -2.06. The zero-order valence-electron chi connectivity index (χ0n) is 6.69. The van der Waals surface area contributed by atoms with Crippen molar-refractivity contribution in [3.63, 3.8) is 0 Å². The fourth-order valence-corrected chi connectivity index (χ4v) is 2.00. The average molecular weight is 162 g/mol. The fourth-order valence-electron chi connectivity index (χ4n) is 2.00. The van der Waals surface area contributed by atoms with E-state index in [1.165, 1.54) is 5.56 Å². The quantitative estimate of drug-likeness (QED) is 0.580. The molecule has 0 aromatic heterocycles. The molecule has 0 aliphatic carbocycles. The molecule has 2 unspecified atom stereocenters. The van der Waals surface area contributed by atoms with Gasteiger partial charge in [0.25, 0.3) is 0 Å². The van der Waals surface area contributed by atoms with Gasteiger partial charge in [-0.3, -0.25) is 0 Å². The third-order valence-electron chi connectivity index (χ3n) is 2.60. The van der Waals surface area contributed by atoms with Gasteiger partial charge in [0.1, 0.15) is 5.75 Å². The zero-order valence-corrected chi connectivity index (χ0v) is 6.69. The Balaban J connectivity index is 2.09. The van der Waals surface area contributed by atoms with Gasteiger partial charge in [-0.2, -0.15) is 0 Å². The molecule has 2 nitrogen and oxygen atoms in total. The summed E-state index contributed by atoms with van der Waals surface area (Å²) in [7, 11) is 0. The second-order valence-electron chi connectivity index (χ2n) is 3.29. The van der Waals surface area contributed by atoms with Gasteiger partial charge < -0.3 is 9.47 Å². The van der Waals surface area contributed by atoms with Crippen LogP contribution in [0.25, 0.3) is 0 Å². The third-order valence-corrected chi connectivity index (χ3v) is 2.60. The number of ether oxygens (including phenoxy) is 2. The van der Waals surface area contributed by atoms with Crippen molar-refractivity contribution in [1.29, 1.82) is 0 Å². The number of hydrogen-bond donors (Lipinski definition) is 0. The summed E-state index contributed by atoms with van der Waals surface area (Å²) in [6, 6.07) is 8.20. The van der Waals surface area contributed by atoms with Crippen LogP contribution in [0, 0.1) is 0 Å². The Labute approximate surface area is 71.1 Å². The summed E-state index contributed by atoms with van der Waals surface area (Å²) in [6.45, 7) is 0.837. The summed E-state index contributed by atoms with van der Waals surface area (Å²) in [6.07, 6.45) is 1.10. The highest BCUT2D eigenvalue weighted by molar-refractivity contribution is 5.40. The van der Waals surface area contributed by atoms with Crippen LogP contribution in [0.5, 0.6) is 5.75 Å². The second kappa shape index (κ2) is 2.23. The fraction of sp³-hybridized carbons (Fsp3) is 0.400. The third kappa shape index (κ3) is 0.730. The molecule has 0 radical (unpaired) electrons. The number of benzene rings is 1. The number of rotatable bonds is 0. The predicted molar refractivity (Wildman–Crippen MR) is 44.2 cm³/mol. The topological polar surface area (TPSA) is 18.5 Å². The van der Waals surface area contributed by atoms with Crippen molar-refractivity contribution in [3.8, 4) is 5.75 Å². The van der Waals surface area contributed by atoms with E-state index in [9.17, 15) is 0 Å². The summed E-state index contributed by atoms with van der Waals surface area (Å²) in [5.74, 6) is 1.49. The zero-order chi connectivity index (χ0) is 7.97. The van der Waals surface area contributed by atoms with Crippen LogP contribution in [0.2, 0.25) is 0 Å². The van der Waals surface area contributed by atoms with Gasteiger partial charge in [0, 0.05) is 5.56 Å². The number of hydrogen-bond acceptors (Lipinski definition) is 2. The molecule has 1 aromatic rings. The summed E-state index contributed by atoms with van der Waals surface area (Å²) in [4.78, 5) is 0. The molecular formula is C10H10O2. The lowest BCUT2D eigenvalue weighted by Crippen LogP contribution is -2.13. The summed E-state index contributed by atoms with van der Waals surface area (Å²) >= 11 is 0. The Morgan fingerprint density at radius 3 is 3.17 bits per heavy atom. The Bertz CT molecular complexity index is 308. The lowest BCUT2D eigenvalue weighted by atomic mass is 9.99. The van der Waals surface area contributed by atoms with Crippen molar-refractivity contribution in [3.05, 3.63) is 29.8 Å². The normalized spacial score (nSPS) is 31.0. The first kappa shape index (κ1) is 6.49. The number of para-hydroxylation sites is 1. The minimum Gasteiger partial charge on any atom is -0.464 e. The van der Waals surface area contributed by atoms with Crippen molar-refractivity contribution < 1.29 is 9.47 Å². The molecule has 2 aliphatic rings. The van der Waals surface area contributed by atoms with Gasteiger partial charge in [-0.1, -0.05) is 18.2 Å². The Hall–Kier alpha value is -1.02. The molecule has 0 spiro atoms. The maximum absolute atomic E-state index is 5.61. The lowest BCUT2D eigenvalue weighted by molar-refractivity contribution is -0.0337. The summed E-state index contributed by atoms with van der Waals surface area (Å²) in [5, 5.41) is 0. The van der Waals surface area contributed by atoms with Gasteiger partial charge in [-0.05, 0) is 12.5 Å². The first-order valence-electron chi connectivity index (χ1n) is 4.32. The van der Waals surface area contributed by atoms with Crippen molar-refractivity contribution >= 4 is 0 Å². The molecule has 2 heterocycles. The first-order chi connectivity index (χ1) is 5.95. The van der Waals surface area contributed by atoms with Crippen LogP contribution in [0.3, 0.4) is 0 Å². The molecule has 12 heavy (non-hydrogen) atoms. The van der Waals surface area contributed by atoms with E-state index in [-0.39, 0.29) is 6.29 Å². The Kier molecular flexibility index (Phi) is 1.21. The van der Waals surface area contributed by atoms with Crippen LogP contribution >= 0.6 is 0 Å². The van der Waals surface area contributed by atoms with Gasteiger partial charge in [0.05, 0.1) is 12.5 Å². The molecule has 0 N–H and O–H groups in total. The smallest absolute Gasteiger partial charge is 0.206 e. The molecule has 3 rings (SSSR count). The monoisotopic (exact) mass is 162 g/mol. The molecule has 2 heteroatoms. The Morgan fingerprint density at radius 2 is 2.17 bits per heavy atom. The van der Waals surface area contributed by atoms with Crippen molar-refractivity contribution in [2.75, 3.05) is 6.61 Å². The highest BCUT2D eigenvalue weighted by Crippen LogP contribution is 2.43. The minimum absolute atomic E-state index is 0.00222. The van der Waals surface area contributed by atoms with Gasteiger partial charge in [-0.15, -0.1) is 0 Å². The second-order valence-corrected chi connectivity index (χ2v) is 3.29. The maximum atomic E-state index is 5.61. The molecule has 0 bridgehead atoms. The van der Waals surface area contributed by atoms with Crippen molar-refractivity contribution in [2.24, 2.45) is 0 Å². The van der Waals surface area contributed by atoms with E-state index in [0.717, 1.165) is 18.8 Å². The van der Waals surface area contributed by atoms with Crippen LogP contribution in [0.4, 0.5) is 0 Å². The number of fused-ring (bicyclic) bond motifs is 3. The van der Waals surface area contributed by atoms with Crippen LogP contribution in [-0.4, -0.2) is 12.9 Å². The van der Waals surface area contributed by atoms with Crippen molar-refractivity contribution in [1.82, 2.24) is 0 Å². The standard InChI is InChI=1S/C10H10O2/c1-2-4-9-7(3-1)8-5-6-11-10(8)12-9/h1-4,8,10H,5-6H2. The molecule has 0 amide bonds. The molecule has 1 fully saturated rings. The molecular weight excluding hydrogens is 152 g/mol.